The molecular formula is C18H23N6S+. The molecule has 0 amide bonds. The quantitative estimate of drug-likeness (QED) is 0.604. The monoisotopic (exact) mass is 355 g/mol. The van der Waals surface area contributed by atoms with Crippen molar-refractivity contribution in [3.8, 4) is 0 Å². The van der Waals surface area contributed by atoms with Gasteiger partial charge in [0.25, 0.3) is 0 Å². The molecule has 0 radical (unpaired) electrons. The number of rotatable bonds is 7. The van der Waals surface area contributed by atoms with Crippen molar-refractivity contribution in [2.45, 2.75) is 26.4 Å². The zero-order valence-electron chi connectivity index (χ0n) is 14.5. The lowest BCUT2D eigenvalue weighted by Crippen LogP contribution is -3.06. The van der Waals surface area contributed by atoms with Gasteiger partial charge in [-0.25, -0.2) is 0 Å². The van der Waals surface area contributed by atoms with E-state index in [0.717, 1.165) is 18.7 Å². The van der Waals surface area contributed by atoms with Crippen molar-refractivity contribution in [1.29, 1.82) is 0 Å². The molecule has 2 aromatic heterocycles. The van der Waals surface area contributed by atoms with Crippen LogP contribution in [0.4, 0.5) is 17.6 Å². The van der Waals surface area contributed by atoms with E-state index in [0.29, 0.717) is 18.3 Å². The summed E-state index contributed by atoms with van der Waals surface area (Å²) >= 11 is 1.76. The molecule has 1 atom stereocenters. The van der Waals surface area contributed by atoms with Crippen LogP contribution >= 0.6 is 11.3 Å². The number of nitrogen functional groups attached to an aromatic ring is 1. The second kappa shape index (κ2) is 8.04. The molecule has 0 aliphatic heterocycles. The molecule has 130 valence electrons. The van der Waals surface area contributed by atoms with Gasteiger partial charge in [-0.05, 0) is 29.5 Å². The lowest BCUT2D eigenvalue weighted by Gasteiger charge is -2.13. The van der Waals surface area contributed by atoms with E-state index >= 15 is 0 Å². The molecule has 0 aliphatic carbocycles. The van der Waals surface area contributed by atoms with Crippen LogP contribution < -0.4 is 16.0 Å². The Morgan fingerprint density at radius 3 is 2.68 bits per heavy atom. The maximum Gasteiger partial charge on any atom is 0.232 e. The molecule has 7 heteroatoms. The van der Waals surface area contributed by atoms with Gasteiger partial charge in [-0.1, -0.05) is 31.2 Å². The molecular weight excluding hydrogens is 332 g/mol. The van der Waals surface area contributed by atoms with Crippen molar-refractivity contribution < 1.29 is 4.90 Å². The van der Waals surface area contributed by atoms with Crippen molar-refractivity contribution in [3.05, 3.63) is 58.0 Å². The van der Waals surface area contributed by atoms with Gasteiger partial charge in [-0.3, -0.25) is 0 Å². The van der Waals surface area contributed by atoms with Gasteiger partial charge in [0.05, 0.1) is 11.9 Å². The summed E-state index contributed by atoms with van der Waals surface area (Å²) in [6.45, 7) is 3.75. The molecule has 25 heavy (non-hydrogen) atoms. The highest BCUT2D eigenvalue weighted by molar-refractivity contribution is 7.09. The molecule has 0 bridgehead atoms. The normalized spacial score (nSPS) is 12.1. The summed E-state index contributed by atoms with van der Waals surface area (Å²) in [7, 11) is 2.12. The molecule has 6 nitrogen and oxygen atoms in total. The van der Waals surface area contributed by atoms with E-state index in [9.17, 15) is 0 Å². The number of anilines is 3. The maximum atomic E-state index is 5.89. The molecule has 1 unspecified atom stereocenters. The zero-order valence-corrected chi connectivity index (χ0v) is 15.3. The predicted octanol–water partition coefficient (Wildman–Crippen LogP) is 2.04. The molecule has 0 saturated heterocycles. The second-order valence-corrected chi connectivity index (χ2v) is 6.99. The Bertz CT molecular complexity index is 818. The van der Waals surface area contributed by atoms with E-state index in [1.807, 2.05) is 18.2 Å². The fraction of sp³-hybridized carbons (Fsp3) is 0.278. The first-order chi connectivity index (χ1) is 12.1. The molecule has 3 rings (SSSR count). The summed E-state index contributed by atoms with van der Waals surface area (Å²) in [4.78, 5) is 15.7. The number of hydrogen-bond donors (Lipinski definition) is 3. The van der Waals surface area contributed by atoms with Crippen molar-refractivity contribution in [3.63, 3.8) is 0 Å². The Morgan fingerprint density at radius 1 is 1.08 bits per heavy atom. The third kappa shape index (κ3) is 4.74. The minimum Gasteiger partial charge on any atom is -0.368 e. The largest absolute Gasteiger partial charge is 0.368 e. The van der Waals surface area contributed by atoms with E-state index in [4.69, 9.17) is 5.73 Å². The molecule has 4 N–H and O–H groups in total. The SMILES string of the molecule is CCc1ccccc1Nc1nc(N)nc(C[NH+](C)Cc2cccs2)n1. The first-order valence-corrected chi connectivity index (χ1v) is 9.21. The minimum atomic E-state index is 0.241. The summed E-state index contributed by atoms with van der Waals surface area (Å²) in [6, 6.07) is 12.3. The Kier molecular flexibility index (Phi) is 5.57. The predicted molar refractivity (Wildman–Crippen MR) is 102 cm³/mol. The first-order valence-electron chi connectivity index (χ1n) is 8.33. The van der Waals surface area contributed by atoms with Crippen LogP contribution in [0, 0.1) is 0 Å². The summed E-state index contributed by atoms with van der Waals surface area (Å²) in [5, 5.41) is 5.37. The number of aromatic nitrogens is 3. The number of thiophene rings is 1. The number of nitrogens with one attached hydrogen (secondary N) is 2. The minimum absolute atomic E-state index is 0.241. The van der Waals surface area contributed by atoms with Crippen LogP contribution in [0.25, 0.3) is 0 Å². The topological polar surface area (TPSA) is 81.2 Å². The van der Waals surface area contributed by atoms with Gasteiger partial charge in [0.15, 0.2) is 5.82 Å². The lowest BCUT2D eigenvalue weighted by atomic mass is 10.1. The van der Waals surface area contributed by atoms with Gasteiger partial charge in [0.1, 0.15) is 13.1 Å². The zero-order chi connectivity index (χ0) is 17.6. The fourth-order valence-electron chi connectivity index (χ4n) is 2.69. The van der Waals surface area contributed by atoms with Gasteiger partial charge in [0.2, 0.25) is 11.9 Å². The van der Waals surface area contributed by atoms with Crippen LogP contribution in [0.3, 0.4) is 0 Å². The number of nitrogens with two attached hydrogens (primary N) is 1. The lowest BCUT2D eigenvalue weighted by molar-refractivity contribution is -0.908. The molecule has 3 aromatic rings. The number of nitrogens with zero attached hydrogens (tertiary/aromatic N) is 3. The van der Waals surface area contributed by atoms with Crippen molar-refractivity contribution in [1.82, 2.24) is 15.0 Å². The molecule has 0 spiro atoms. The van der Waals surface area contributed by atoms with Crippen molar-refractivity contribution in [2.24, 2.45) is 0 Å². The van der Waals surface area contributed by atoms with E-state index in [2.05, 4.69) is 57.8 Å². The average Bonchev–Trinajstić information content (AvgIpc) is 3.07. The highest BCUT2D eigenvalue weighted by Gasteiger charge is 2.12. The molecule has 2 heterocycles. The highest BCUT2D eigenvalue weighted by atomic mass is 32.1. The van der Waals surface area contributed by atoms with Crippen LogP contribution in [-0.4, -0.2) is 22.0 Å². The molecule has 1 aromatic carbocycles. The van der Waals surface area contributed by atoms with Crippen molar-refractivity contribution >= 4 is 28.9 Å². The Hall–Kier alpha value is -2.51. The number of quaternary nitrogens is 1. The smallest absolute Gasteiger partial charge is 0.232 e. The van der Waals surface area contributed by atoms with Crippen LogP contribution in [0.5, 0.6) is 0 Å². The van der Waals surface area contributed by atoms with E-state index in [1.54, 1.807) is 11.3 Å². The maximum absolute atomic E-state index is 5.89. The van der Waals surface area contributed by atoms with Crippen LogP contribution in [-0.2, 0) is 19.5 Å². The highest BCUT2D eigenvalue weighted by Crippen LogP contribution is 2.19. The van der Waals surface area contributed by atoms with E-state index < -0.39 is 0 Å². The first kappa shape index (κ1) is 17.3. The summed E-state index contributed by atoms with van der Waals surface area (Å²) in [5.74, 6) is 1.43. The number of hydrogen-bond acceptors (Lipinski definition) is 6. The number of para-hydroxylation sites is 1. The average molecular weight is 355 g/mol. The van der Waals surface area contributed by atoms with Gasteiger partial charge in [-0.15, -0.1) is 11.3 Å². The van der Waals surface area contributed by atoms with Gasteiger partial charge in [0, 0.05) is 5.69 Å². The van der Waals surface area contributed by atoms with Crippen molar-refractivity contribution in [2.75, 3.05) is 18.1 Å². The van der Waals surface area contributed by atoms with Gasteiger partial charge >= 0.3 is 0 Å². The Morgan fingerprint density at radius 2 is 1.92 bits per heavy atom. The summed E-state index contributed by atoms with van der Waals surface area (Å²) in [6.07, 6.45) is 0.935. The third-order valence-electron chi connectivity index (χ3n) is 3.86. The van der Waals surface area contributed by atoms with Crippen LogP contribution in [0.1, 0.15) is 23.2 Å². The second-order valence-electron chi connectivity index (χ2n) is 5.96. The van der Waals surface area contributed by atoms with Crippen LogP contribution in [0.15, 0.2) is 41.8 Å². The summed E-state index contributed by atoms with van der Waals surface area (Å²) in [5.41, 5.74) is 8.10. The van der Waals surface area contributed by atoms with Gasteiger partial charge < -0.3 is 16.0 Å². The third-order valence-corrected chi connectivity index (χ3v) is 4.74. The molecule has 0 aliphatic rings. The van der Waals surface area contributed by atoms with E-state index in [1.165, 1.54) is 15.3 Å². The summed E-state index contributed by atoms with van der Waals surface area (Å²) < 4.78 is 0. The van der Waals surface area contributed by atoms with Crippen LogP contribution in [0.2, 0.25) is 0 Å². The van der Waals surface area contributed by atoms with E-state index in [-0.39, 0.29) is 5.95 Å². The Balaban J connectivity index is 1.73. The standard InChI is InChI=1S/C18H22N6S/c1-3-13-7-4-5-9-15(13)20-18-22-16(21-17(19)23-18)12-24(2)11-14-8-6-10-25-14/h4-10H,3,11-12H2,1-2H3,(H3,19,20,21,22,23)/p+1. The number of benzene rings is 1. The molecule has 0 fully saturated rings. The van der Waals surface area contributed by atoms with Gasteiger partial charge in [-0.2, -0.15) is 15.0 Å². The fourth-order valence-corrected chi connectivity index (χ4v) is 3.51. The Labute approximate surface area is 151 Å². The number of aryl methyl sites for hydroxylation is 1. The molecule has 0 saturated carbocycles.